The van der Waals surface area contributed by atoms with Crippen LogP contribution in [0, 0.1) is 5.92 Å². The predicted molar refractivity (Wildman–Crippen MR) is 111 cm³/mol. The lowest BCUT2D eigenvalue weighted by atomic mass is 9.89. The highest BCUT2D eigenvalue weighted by molar-refractivity contribution is 7.89. The van der Waals surface area contributed by atoms with Crippen LogP contribution >= 0.6 is 0 Å². The van der Waals surface area contributed by atoms with Crippen LogP contribution in [-0.2, 0) is 24.3 Å². The topological polar surface area (TPSA) is 134 Å². The number of carbonyl (C=O) groups is 3. The van der Waals surface area contributed by atoms with Gasteiger partial charge in [0.05, 0.1) is 24.7 Å². The Morgan fingerprint density at radius 3 is 2.26 bits per heavy atom. The van der Waals surface area contributed by atoms with E-state index in [0.29, 0.717) is 13.2 Å². The van der Waals surface area contributed by atoms with Crippen LogP contribution in [0.25, 0.3) is 0 Å². The lowest BCUT2D eigenvalue weighted by Crippen LogP contribution is -2.48. The SMILES string of the molecule is O=C(CNC(=O)c1ccc(S(=O)(=O)N2CCOCC2)cc1)NNC(=O)C1CCCCC1. The van der Waals surface area contributed by atoms with E-state index in [0.717, 1.165) is 32.1 Å². The molecule has 1 aliphatic heterocycles. The Morgan fingerprint density at radius 2 is 1.61 bits per heavy atom. The molecular weight excluding hydrogens is 424 g/mol. The van der Waals surface area contributed by atoms with Crippen LogP contribution in [0.15, 0.2) is 29.2 Å². The van der Waals surface area contributed by atoms with E-state index in [-0.39, 0.29) is 41.9 Å². The van der Waals surface area contributed by atoms with E-state index in [2.05, 4.69) is 16.2 Å². The maximum Gasteiger partial charge on any atom is 0.257 e. The van der Waals surface area contributed by atoms with Crippen LogP contribution in [-0.4, -0.2) is 63.3 Å². The molecule has 1 saturated carbocycles. The molecule has 0 radical (unpaired) electrons. The number of rotatable bonds is 6. The maximum atomic E-state index is 12.6. The molecule has 1 aromatic carbocycles. The van der Waals surface area contributed by atoms with Crippen LogP contribution < -0.4 is 16.2 Å². The minimum Gasteiger partial charge on any atom is -0.379 e. The fourth-order valence-electron chi connectivity index (χ4n) is 3.62. The third kappa shape index (κ3) is 6.25. The number of nitrogens with zero attached hydrogens (tertiary/aromatic N) is 1. The average Bonchev–Trinajstić information content (AvgIpc) is 2.82. The molecule has 0 spiro atoms. The molecule has 3 rings (SSSR count). The van der Waals surface area contributed by atoms with Crippen LogP contribution in [0.1, 0.15) is 42.5 Å². The first kappa shape index (κ1) is 23.2. The van der Waals surface area contributed by atoms with E-state index in [4.69, 9.17) is 4.74 Å². The zero-order valence-electron chi connectivity index (χ0n) is 17.3. The first-order valence-electron chi connectivity index (χ1n) is 10.4. The van der Waals surface area contributed by atoms with E-state index < -0.39 is 21.8 Å². The Bertz CT molecular complexity index is 891. The van der Waals surface area contributed by atoms with Gasteiger partial charge < -0.3 is 10.1 Å². The minimum absolute atomic E-state index is 0.0871. The summed E-state index contributed by atoms with van der Waals surface area (Å²) in [5.74, 6) is -1.37. The van der Waals surface area contributed by atoms with Gasteiger partial charge in [-0.25, -0.2) is 8.42 Å². The number of morpholine rings is 1. The van der Waals surface area contributed by atoms with Gasteiger partial charge in [-0.15, -0.1) is 0 Å². The van der Waals surface area contributed by atoms with E-state index >= 15 is 0 Å². The Balaban J connectivity index is 1.45. The van der Waals surface area contributed by atoms with Crippen molar-refractivity contribution in [2.45, 2.75) is 37.0 Å². The molecule has 3 amide bonds. The molecular formula is C20H28N4O6S. The van der Waals surface area contributed by atoms with E-state index in [1.165, 1.54) is 28.6 Å². The smallest absolute Gasteiger partial charge is 0.257 e. The van der Waals surface area contributed by atoms with Gasteiger partial charge in [0.25, 0.3) is 11.8 Å². The molecule has 11 heteroatoms. The van der Waals surface area contributed by atoms with Crippen molar-refractivity contribution in [1.29, 1.82) is 0 Å². The second kappa shape index (κ2) is 10.7. The van der Waals surface area contributed by atoms with E-state index in [9.17, 15) is 22.8 Å². The summed E-state index contributed by atoms with van der Waals surface area (Å²) in [7, 11) is -3.64. The molecule has 31 heavy (non-hydrogen) atoms. The molecule has 2 aliphatic rings. The summed E-state index contributed by atoms with van der Waals surface area (Å²) < 4.78 is 31.7. The molecule has 1 aliphatic carbocycles. The van der Waals surface area contributed by atoms with E-state index in [1.54, 1.807) is 0 Å². The van der Waals surface area contributed by atoms with Gasteiger partial charge in [-0.05, 0) is 37.1 Å². The number of hydrogen-bond donors (Lipinski definition) is 3. The molecule has 1 heterocycles. The maximum absolute atomic E-state index is 12.6. The highest BCUT2D eigenvalue weighted by atomic mass is 32.2. The predicted octanol–water partition coefficient (Wildman–Crippen LogP) is 0.165. The van der Waals surface area contributed by atoms with Gasteiger partial charge in [-0.2, -0.15) is 4.31 Å². The molecule has 170 valence electrons. The van der Waals surface area contributed by atoms with E-state index in [1.807, 2.05) is 0 Å². The monoisotopic (exact) mass is 452 g/mol. The summed E-state index contributed by atoms with van der Waals surface area (Å²) in [5, 5.41) is 2.44. The number of hydrogen-bond acceptors (Lipinski definition) is 6. The summed E-state index contributed by atoms with van der Waals surface area (Å²) in [4.78, 5) is 36.2. The number of sulfonamides is 1. The molecule has 2 fully saturated rings. The average molecular weight is 453 g/mol. The molecule has 0 atom stereocenters. The summed E-state index contributed by atoms with van der Waals surface area (Å²) in [6.45, 7) is 0.956. The van der Waals surface area contributed by atoms with Crippen molar-refractivity contribution in [2.24, 2.45) is 5.92 Å². The van der Waals surface area contributed by atoms with Gasteiger partial charge in [0.1, 0.15) is 0 Å². The Hall–Kier alpha value is -2.50. The number of benzene rings is 1. The Kier molecular flexibility index (Phi) is 7.99. The van der Waals surface area contributed by atoms with Gasteiger partial charge in [-0.1, -0.05) is 19.3 Å². The second-order valence-electron chi connectivity index (χ2n) is 7.60. The zero-order chi connectivity index (χ0) is 22.3. The number of carbonyl (C=O) groups excluding carboxylic acids is 3. The van der Waals surface area contributed by atoms with Crippen molar-refractivity contribution in [2.75, 3.05) is 32.8 Å². The molecule has 10 nitrogen and oxygen atoms in total. The quantitative estimate of drug-likeness (QED) is 0.527. The third-order valence-corrected chi connectivity index (χ3v) is 7.35. The molecule has 1 saturated heterocycles. The van der Waals surface area contributed by atoms with Crippen molar-refractivity contribution in [3.63, 3.8) is 0 Å². The molecule has 1 aromatic rings. The van der Waals surface area contributed by atoms with Gasteiger partial charge in [0, 0.05) is 24.6 Å². The molecule has 3 N–H and O–H groups in total. The van der Waals surface area contributed by atoms with Crippen molar-refractivity contribution in [3.8, 4) is 0 Å². The summed E-state index contributed by atoms with van der Waals surface area (Å²) in [6.07, 6.45) is 4.77. The zero-order valence-corrected chi connectivity index (χ0v) is 18.1. The molecule has 0 bridgehead atoms. The minimum atomic E-state index is -3.64. The number of amides is 3. The lowest BCUT2D eigenvalue weighted by molar-refractivity contribution is -0.131. The Labute approximate surface area is 181 Å². The van der Waals surface area contributed by atoms with Gasteiger partial charge >= 0.3 is 0 Å². The van der Waals surface area contributed by atoms with Crippen LogP contribution in [0.4, 0.5) is 0 Å². The Morgan fingerprint density at radius 1 is 0.968 bits per heavy atom. The fourth-order valence-corrected chi connectivity index (χ4v) is 5.03. The third-order valence-electron chi connectivity index (χ3n) is 5.43. The highest BCUT2D eigenvalue weighted by Gasteiger charge is 2.26. The summed E-state index contributed by atoms with van der Waals surface area (Å²) in [6, 6.07) is 5.52. The highest BCUT2D eigenvalue weighted by Crippen LogP contribution is 2.23. The van der Waals surface area contributed by atoms with Gasteiger partial charge in [0.2, 0.25) is 15.9 Å². The number of nitrogens with one attached hydrogen (secondary N) is 3. The fraction of sp³-hybridized carbons (Fsp3) is 0.550. The number of hydrazine groups is 1. The van der Waals surface area contributed by atoms with Crippen LogP contribution in [0.3, 0.4) is 0 Å². The van der Waals surface area contributed by atoms with Crippen molar-refractivity contribution >= 4 is 27.7 Å². The van der Waals surface area contributed by atoms with Crippen molar-refractivity contribution in [3.05, 3.63) is 29.8 Å². The van der Waals surface area contributed by atoms with Crippen LogP contribution in [0.5, 0.6) is 0 Å². The van der Waals surface area contributed by atoms with Crippen molar-refractivity contribution in [1.82, 2.24) is 20.5 Å². The van der Waals surface area contributed by atoms with Crippen molar-refractivity contribution < 1.29 is 27.5 Å². The van der Waals surface area contributed by atoms with Gasteiger partial charge in [0.15, 0.2) is 0 Å². The molecule has 0 unspecified atom stereocenters. The molecule has 0 aromatic heterocycles. The normalized spacial score (nSPS) is 18.2. The lowest BCUT2D eigenvalue weighted by Gasteiger charge is -2.26. The number of ether oxygens (including phenoxy) is 1. The standard InChI is InChI=1S/C20H28N4O6S/c25-18(22-23-20(27)15-4-2-1-3-5-15)14-21-19(26)16-6-8-17(9-7-16)31(28,29)24-10-12-30-13-11-24/h6-9,15H,1-5,10-14H2,(H,21,26)(H,22,25)(H,23,27). The second-order valence-corrected chi connectivity index (χ2v) is 9.53. The largest absolute Gasteiger partial charge is 0.379 e. The summed E-state index contributed by atoms with van der Waals surface area (Å²) >= 11 is 0. The van der Waals surface area contributed by atoms with Gasteiger partial charge in [-0.3, -0.25) is 25.2 Å². The first-order valence-corrected chi connectivity index (χ1v) is 11.9. The first-order chi connectivity index (χ1) is 14.9. The summed E-state index contributed by atoms with van der Waals surface area (Å²) in [5.41, 5.74) is 4.93. The van der Waals surface area contributed by atoms with Crippen LogP contribution in [0.2, 0.25) is 0 Å².